The lowest BCUT2D eigenvalue weighted by molar-refractivity contribution is -0.382. The van der Waals surface area contributed by atoms with Crippen molar-refractivity contribution < 1.29 is 14.6 Å². The van der Waals surface area contributed by atoms with Crippen LogP contribution in [0.15, 0.2) is 60.7 Å². The molecule has 1 heterocycles. The number of benzene rings is 2. The summed E-state index contributed by atoms with van der Waals surface area (Å²) in [5.41, 5.74) is 4.78. The van der Waals surface area contributed by atoms with Crippen LogP contribution in [0.1, 0.15) is 42.7 Å². The molecule has 3 nitrogen and oxygen atoms in total. The normalized spacial score (nSPS) is 25.5. The Kier molecular flexibility index (Phi) is 3.29. The average molecular weight is 308 g/mol. The Balaban J connectivity index is 1.65. The van der Waals surface area contributed by atoms with Gasteiger partial charge in [0.2, 0.25) is 0 Å². The van der Waals surface area contributed by atoms with E-state index in [1.807, 2.05) is 19.1 Å². The van der Waals surface area contributed by atoms with Crippen LogP contribution in [0.4, 0.5) is 0 Å². The van der Waals surface area contributed by atoms with Crippen LogP contribution in [-0.2, 0) is 14.9 Å². The standard InChI is InChI=1S/C20H20O3/c1-13-11-20(12-13,17-7-9-18(21)10-8-17)16-5-3-15(4-6-16)19-22-14(2)23-19/h3-10,14,19,21H,1,11-12H2,2H3. The number of phenolic OH excluding ortho intramolecular Hbond substituents is 1. The third-order valence-corrected chi connectivity index (χ3v) is 4.89. The predicted octanol–water partition coefficient (Wildman–Crippen LogP) is 4.42. The highest BCUT2D eigenvalue weighted by Gasteiger charge is 2.42. The smallest absolute Gasteiger partial charge is 0.189 e. The van der Waals surface area contributed by atoms with E-state index in [0.717, 1.165) is 18.4 Å². The Morgan fingerprint density at radius 1 is 0.957 bits per heavy atom. The average Bonchev–Trinajstić information content (AvgIpc) is 2.50. The Hall–Kier alpha value is -2.10. The van der Waals surface area contributed by atoms with Gasteiger partial charge in [0.25, 0.3) is 0 Å². The summed E-state index contributed by atoms with van der Waals surface area (Å²) >= 11 is 0. The number of phenols is 1. The molecule has 23 heavy (non-hydrogen) atoms. The van der Waals surface area contributed by atoms with Crippen molar-refractivity contribution in [3.05, 3.63) is 77.4 Å². The van der Waals surface area contributed by atoms with E-state index >= 15 is 0 Å². The number of hydrogen-bond donors (Lipinski definition) is 1. The van der Waals surface area contributed by atoms with Crippen LogP contribution in [0.25, 0.3) is 0 Å². The second-order valence-corrected chi connectivity index (χ2v) is 6.53. The van der Waals surface area contributed by atoms with Gasteiger partial charge in [-0.15, -0.1) is 0 Å². The van der Waals surface area contributed by atoms with Gasteiger partial charge in [-0.1, -0.05) is 48.6 Å². The van der Waals surface area contributed by atoms with E-state index in [0.29, 0.717) is 5.75 Å². The minimum absolute atomic E-state index is 0.0298. The third kappa shape index (κ3) is 2.37. The second-order valence-electron chi connectivity index (χ2n) is 6.53. The van der Waals surface area contributed by atoms with E-state index in [2.05, 4.69) is 30.8 Å². The fourth-order valence-corrected chi connectivity index (χ4v) is 3.63. The van der Waals surface area contributed by atoms with Crippen molar-refractivity contribution in [2.45, 2.75) is 37.8 Å². The highest BCUT2D eigenvalue weighted by Crippen LogP contribution is 2.51. The van der Waals surface area contributed by atoms with Gasteiger partial charge in [0.1, 0.15) is 5.75 Å². The van der Waals surface area contributed by atoms with Crippen LogP contribution in [-0.4, -0.2) is 11.4 Å². The molecule has 2 aromatic rings. The maximum absolute atomic E-state index is 9.54. The van der Waals surface area contributed by atoms with Crippen LogP contribution >= 0.6 is 0 Å². The highest BCUT2D eigenvalue weighted by atomic mass is 16.9. The molecule has 1 aliphatic heterocycles. The van der Waals surface area contributed by atoms with Crippen molar-refractivity contribution in [3.8, 4) is 5.75 Å². The van der Waals surface area contributed by atoms with Crippen molar-refractivity contribution in [1.29, 1.82) is 0 Å². The first kappa shape index (κ1) is 14.5. The first-order chi connectivity index (χ1) is 11.1. The molecule has 1 aliphatic carbocycles. The van der Waals surface area contributed by atoms with E-state index in [9.17, 15) is 5.11 Å². The monoisotopic (exact) mass is 308 g/mol. The molecule has 0 spiro atoms. The van der Waals surface area contributed by atoms with Crippen molar-refractivity contribution >= 4 is 0 Å². The maximum Gasteiger partial charge on any atom is 0.189 e. The number of rotatable bonds is 3. The van der Waals surface area contributed by atoms with Crippen LogP contribution in [0.5, 0.6) is 5.75 Å². The summed E-state index contributed by atoms with van der Waals surface area (Å²) in [6.07, 6.45) is 1.55. The number of allylic oxidation sites excluding steroid dienone is 1. The molecule has 2 aromatic carbocycles. The van der Waals surface area contributed by atoms with Gasteiger partial charge in [-0.05, 0) is 43.0 Å². The minimum atomic E-state index is -0.236. The Morgan fingerprint density at radius 3 is 1.96 bits per heavy atom. The van der Waals surface area contributed by atoms with Gasteiger partial charge in [0.15, 0.2) is 12.6 Å². The fourth-order valence-electron chi connectivity index (χ4n) is 3.63. The first-order valence-electron chi connectivity index (χ1n) is 7.94. The zero-order chi connectivity index (χ0) is 16.0. The zero-order valence-electron chi connectivity index (χ0n) is 13.2. The van der Waals surface area contributed by atoms with E-state index in [4.69, 9.17) is 9.47 Å². The van der Waals surface area contributed by atoms with E-state index in [1.165, 1.54) is 16.7 Å². The van der Waals surface area contributed by atoms with Gasteiger partial charge in [0.05, 0.1) is 0 Å². The molecule has 0 atom stereocenters. The Bertz CT molecular complexity index is 716. The van der Waals surface area contributed by atoms with Crippen molar-refractivity contribution in [2.75, 3.05) is 0 Å². The Labute approximate surface area is 136 Å². The van der Waals surface area contributed by atoms with Gasteiger partial charge in [0, 0.05) is 11.0 Å². The van der Waals surface area contributed by atoms with E-state index < -0.39 is 0 Å². The fraction of sp³-hybridized carbons (Fsp3) is 0.300. The molecule has 1 N–H and O–H groups in total. The molecule has 1 saturated carbocycles. The van der Waals surface area contributed by atoms with Gasteiger partial charge in [-0.2, -0.15) is 0 Å². The maximum atomic E-state index is 9.54. The summed E-state index contributed by atoms with van der Waals surface area (Å²) in [5, 5.41) is 9.54. The van der Waals surface area contributed by atoms with Gasteiger partial charge in [-0.25, -0.2) is 0 Å². The first-order valence-corrected chi connectivity index (χ1v) is 7.94. The lowest BCUT2D eigenvalue weighted by atomic mass is 9.58. The van der Waals surface area contributed by atoms with Crippen LogP contribution in [0.2, 0.25) is 0 Å². The summed E-state index contributed by atoms with van der Waals surface area (Å²) in [7, 11) is 0. The summed E-state index contributed by atoms with van der Waals surface area (Å²) in [6, 6.07) is 16.0. The van der Waals surface area contributed by atoms with Gasteiger partial charge in [-0.3, -0.25) is 0 Å². The summed E-state index contributed by atoms with van der Waals surface area (Å²) in [4.78, 5) is 0. The molecule has 118 valence electrons. The molecule has 0 amide bonds. The molecule has 0 bridgehead atoms. The van der Waals surface area contributed by atoms with Crippen LogP contribution in [0, 0.1) is 0 Å². The molecular weight excluding hydrogens is 288 g/mol. The lowest BCUT2D eigenvalue weighted by Crippen LogP contribution is -2.37. The number of hydrogen-bond acceptors (Lipinski definition) is 3. The van der Waals surface area contributed by atoms with Crippen molar-refractivity contribution in [3.63, 3.8) is 0 Å². The molecule has 4 rings (SSSR count). The van der Waals surface area contributed by atoms with E-state index in [1.54, 1.807) is 12.1 Å². The molecule has 0 radical (unpaired) electrons. The molecular formula is C20H20O3. The molecule has 1 saturated heterocycles. The van der Waals surface area contributed by atoms with Crippen molar-refractivity contribution in [1.82, 2.24) is 0 Å². The summed E-state index contributed by atoms with van der Waals surface area (Å²) in [5.74, 6) is 0.297. The van der Waals surface area contributed by atoms with Gasteiger partial charge < -0.3 is 14.6 Å². The van der Waals surface area contributed by atoms with E-state index in [-0.39, 0.29) is 18.0 Å². The second kappa shape index (κ2) is 5.22. The van der Waals surface area contributed by atoms with Crippen molar-refractivity contribution in [2.24, 2.45) is 0 Å². The number of aromatic hydroxyl groups is 1. The molecule has 2 aliphatic rings. The molecule has 0 aromatic heterocycles. The topological polar surface area (TPSA) is 38.7 Å². The molecule has 3 heteroatoms. The summed E-state index contributed by atoms with van der Waals surface area (Å²) < 4.78 is 11.1. The minimum Gasteiger partial charge on any atom is -0.508 e. The SMILES string of the molecule is C=C1CC(c2ccc(O)cc2)(c2ccc(C3OC(C)O3)cc2)C1. The van der Waals surface area contributed by atoms with Gasteiger partial charge >= 0.3 is 0 Å². The Morgan fingerprint density at radius 2 is 1.48 bits per heavy atom. The molecule has 0 unspecified atom stereocenters. The quantitative estimate of drug-likeness (QED) is 0.853. The molecule has 2 fully saturated rings. The number of ether oxygens (including phenoxy) is 2. The zero-order valence-corrected chi connectivity index (χ0v) is 13.2. The van der Waals surface area contributed by atoms with Crippen LogP contribution in [0.3, 0.4) is 0 Å². The lowest BCUT2D eigenvalue weighted by Gasteiger charge is -2.45. The largest absolute Gasteiger partial charge is 0.508 e. The third-order valence-electron chi connectivity index (χ3n) is 4.89. The van der Waals surface area contributed by atoms with Crippen LogP contribution < -0.4 is 0 Å². The summed E-state index contributed by atoms with van der Waals surface area (Å²) in [6.45, 7) is 6.00. The highest BCUT2D eigenvalue weighted by molar-refractivity contribution is 5.49. The predicted molar refractivity (Wildman–Crippen MR) is 88.1 cm³/mol.